The van der Waals surface area contributed by atoms with Crippen molar-refractivity contribution in [2.45, 2.75) is 0 Å². The number of halogens is 2. The summed E-state index contributed by atoms with van der Waals surface area (Å²) in [7, 11) is 0. The van der Waals surface area contributed by atoms with Crippen LogP contribution in [0.5, 0.6) is 0 Å². The SMILES string of the molecule is NC(=O)c1c[c]ccc1-c1cc(F)cc(F)c1. The van der Waals surface area contributed by atoms with Gasteiger partial charge in [-0.1, -0.05) is 12.1 Å². The molecule has 0 saturated carbocycles. The van der Waals surface area contributed by atoms with E-state index in [4.69, 9.17) is 5.73 Å². The first-order valence-corrected chi connectivity index (χ1v) is 4.84. The summed E-state index contributed by atoms with van der Waals surface area (Å²) in [6, 6.07) is 10.2. The Morgan fingerprint density at radius 2 is 1.82 bits per heavy atom. The highest BCUT2D eigenvalue weighted by Gasteiger charge is 2.11. The van der Waals surface area contributed by atoms with Crippen LogP contribution < -0.4 is 5.73 Å². The fourth-order valence-electron chi connectivity index (χ4n) is 1.60. The van der Waals surface area contributed by atoms with Gasteiger partial charge in [0.1, 0.15) is 11.6 Å². The fourth-order valence-corrected chi connectivity index (χ4v) is 1.60. The van der Waals surface area contributed by atoms with Gasteiger partial charge in [-0.05, 0) is 35.4 Å². The number of hydrogen-bond acceptors (Lipinski definition) is 1. The van der Waals surface area contributed by atoms with Crippen LogP contribution in [0.15, 0.2) is 36.4 Å². The summed E-state index contributed by atoms with van der Waals surface area (Å²) in [4.78, 5) is 11.2. The van der Waals surface area contributed by atoms with Crippen LogP contribution in [0.25, 0.3) is 11.1 Å². The summed E-state index contributed by atoms with van der Waals surface area (Å²) in [5.74, 6) is -2.08. The van der Waals surface area contributed by atoms with Gasteiger partial charge < -0.3 is 5.73 Å². The van der Waals surface area contributed by atoms with Crippen molar-refractivity contribution in [3.05, 3.63) is 59.7 Å². The van der Waals surface area contributed by atoms with Gasteiger partial charge in [0.2, 0.25) is 5.91 Å². The van der Waals surface area contributed by atoms with Crippen LogP contribution in [0.1, 0.15) is 10.4 Å². The molecule has 0 aromatic heterocycles. The Kier molecular flexibility index (Phi) is 2.87. The number of carbonyl (C=O) groups is 1. The first-order chi connectivity index (χ1) is 8.08. The second-order valence-corrected chi connectivity index (χ2v) is 3.49. The molecular weight excluding hydrogens is 224 g/mol. The number of primary amides is 1. The van der Waals surface area contributed by atoms with Gasteiger partial charge in [0.25, 0.3) is 0 Å². The quantitative estimate of drug-likeness (QED) is 0.849. The first-order valence-electron chi connectivity index (χ1n) is 4.84. The monoisotopic (exact) mass is 232 g/mol. The van der Waals surface area contributed by atoms with Crippen LogP contribution >= 0.6 is 0 Å². The number of carbonyl (C=O) groups excluding carboxylic acids is 1. The first kappa shape index (κ1) is 11.3. The number of nitrogens with two attached hydrogens (primary N) is 1. The summed E-state index contributed by atoms with van der Waals surface area (Å²) in [5.41, 5.74) is 6.01. The predicted molar refractivity (Wildman–Crippen MR) is 59.1 cm³/mol. The lowest BCUT2D eigenvalue weighted by Gasteiger charge is -2.06. The summed E-state index contributed by atoms with van der Waals surface area (Å²) in [6.45, 7) is 0. The molecule has 0 spiro atoms. The molecule has 1 amide bonds. The van der Waals surface area contributed by atoms with Crippen molar-refractivity contribution in [1.29, 1.82) is 0 Å². The van der Waals surface area contributed by atoms with Gasteiger partial charge in [-0.15, -0.1) is 0 Å². The lowest BCUT2D eigenvalue weighted by atomic mass is 9.99. The molecule has 0 aliphatic rings. The fraction of sp³-hybridized carbons (Fsp3) is 0. The minimum absolute atomic E-state index is 0.178. The summed E-state index contributed by atoms with van der Waals surface area (Å²) >= 11 is 0. The highest BCUT2D eigenvalue weighted by atomic mass is 19.1. The standard InChI is InChI=1S/C13H8F2NO/c14-9-5-8(6-10(15)7-9)11-3-1-2-4-12(11)13(16)17/h1,3-7H,(H2,16,17). The normalized spacial score (nSPS) is 10.2. The van der Waals surface area contributed by atoms with Gasteiger partial charge in [-0.25, -0.2) is 8.78 Å². The van der Waals surface area contributed by atoms with Crippen molar-refractivity contribution in [3.8, 4) is 11.1 Å². The zero-order chi connectivity index (χ0) is 12.4. The molecule has 0 aliphatic heterocycles. The molecule has 0 saturated heterocycles. The molecule has 2 aromatic carbocycles. The highest BCUT2D eigenvalue weighted by molar-refractivity contribution is 5.99. The average molecular weight is 232 g/mol. The van der Waals surface area contributed by atoms with E-state index in [1.165, 1.54) is 12.1 Å². The maximum atomic E-state index is 13.1. The Labute approximate surface area is 96.7 Å². The topological polar surface area (TPSA) is 43.1 Å². The molecule has 0 atom stereocenters. The predicted octanol–water partition coefficient (Wildman–Crippen LogP) is 2.53. The second kappa shape index (κ2) is 4.33. The van der Waals surface area contributed by atoms with E-state index >= 15 is 0 Å². The van der Waals surface area contributed by atoms with Crippen molar-refractivity contribution in [2.24, 2.45) is 5.73 Å². The van der Waals surface area contributed by atoms with Crippen molar-refractivity contribution < 1.29 is 13.6 Å². The Morgan fingerprint density at radius 1 is 1.18 bits per heavy atom. The molecule has 2 aromatic rings. The largest absolute Gasteiger partial charge is 0.366 e. The number of amides is 1. The lowest BCUT2D eigenvalue weighted by Crippen LogP contribution is -2.12. The Morgan fingerprint density at radius 3 is 2.41 bits per heavy atom. The van der Waals surface area contributed by atoms with Crippen LogP contribution in [0.3, 0.4) is 0 Å². The third kappa shape index (κ3) is 2.30. The highest BCUT2D eigenvalue weighted by Crippen LogP contribution is 2.24. The minimum atomic E-state index is -0.705. The maximum absolute atomic E-state index is 13.1. The Balaban J connectivity index is 2.64. The van der Waals surface area contributed by atoms with Gasteiger partial charge >= 0.3 is 0 Å². The lowest BCUT2D eigenvalue weighted by molar-refractivity contribution is 0.100. The average Bonchev–Trinajstić information content (AvgIpc) is 2.27. The third-order valence-electron chi connectivity index (χ3n) is 2.30. The van der Waals surface area contributed by atoms with E-state index < -0.39 is 17.5 Å². The van der Waals surface area contributed by atoms with Crippen LogP contribution in [0.4, 0.5) is 8.78 Å². The molecule has 0 bridgehead atoms. The van der Waals surface area contributed by atoms with Gasteiger partial charge in [0, 0.05) is 11.6 Å². The van der Waals surface area contributed by atoms with E-state index in [1.807, 2.05) is 0 Å². The molecule has 2 rings (SSSR count). The molecule has 0 unspecified atom stereocenters. The summed E-state index contributed by atoms with van der Waals surface area (Å²) in [6.07, 6.45) is 0. The van der Waals surface area contributed by atoms with Crippen molar-refractivity contribution in [1.82, 2.24) is 0 Å². The van der Waals surface area contributed by atoms with Crippen LogP contribution in [0.2, 0.25) is 0 Å². The molecule has 2 N–H and O–H groups in total. The van der Waals surface area contributed by atoms with E-state index in [1.54, 1.807) is 6.07 Å². The summed E-state index contributed by atoms with van der Waals surface area (Å²) in [5, 5.41) is 0. The van der Waals surface area contributed by atoms with E-state index in [0.717, 1.165) is 18.2 Å². The van der Waals surface area contributed by atoms with Crippen molar-refractivity contribution in [2.75, 3.05) is 0 Å². The van der Waals surface area contributed by atoms with Crippen LogP contribution in [-0.2, 0) is 0 Å². The zero-order valence-corrected chi connectivity index (χ0v) is 8.71. The maximum Gasteiger partial charge on any atom is 0.249 e. The smallest absolute Gasteiger partial charge is 0.249 e. The second-order valence-electron chi connectivity index (χ2n) is 3.49. The summed E-state index contributed by atoms with van der Waals surface area (Å²) < 4.78 is 26.2. The van der Waals surface area contributed by atoms with E-state index in [2.05, 4.69) is 6.07 Å². The van der Waals surface area contributed by atoms with Gasteiger partial charge in [0.05, 0.1) is 0 Å². The van der Waals surface area contributed by atoms with Gasteiger partial charge in [-0.3, -0.25) is 4.79 Å². The molecule has 1 radical (unpaired) electrons. The molecule has 17 heavy (non-hydrogen) atoms. The molecule has 4 heteroatoms. The Hall–Kier alpha value is -2.23. The van der Waals surface area contributed by atoms with Crippen LogP contribution in [0, 0.1) is 17.7 Å². The number of rotatable bonds is 2. The molecular formula is C13H8F2NO. The molecule has 85 valence electrons. The van der Waals surface area contributed by atoms with E-state index in [0.29, 0.717) is 5.56 Å². The van der Waals surface area contributed by atoms with E-state index in [-0.39, 0.29) is 11.1 Å². The number of benzene rings is 2. The number of hydrogen-bond donors (Lipinski definition) is 1. The molecule has 2 nitrogen and oxygen atoms in total. The van der Waals surface area contributed by atoms with Gasteiger partial charge in [0.15, 0.2) is 0 Å². The van der Waals surface area contributed by atoms with Crippen molar-refractivity contribution >= 4 is 5.91 Å². The Bertz CT molecular complexity index is 561. The third-order valence-corrected chi connectivity index (χ3v) is 2.30. The van der Waals surface area contributed by atoms with Gasteiger partial charge in [-0.2, -0.15) is 0 Å². The van der Waals surface area contributed by atoms with E-state index in [9.17, 15) is 13.6 Å². The molecule has 0 fully saturated rings. The minimum Gasteiger partial charge on any atom is -0.366 e. The molecule has 0 aliphatic carbocycles. The zero-order valence-electron chi connectivity index (χ0n) is 8.71. The van der Waals surface area contributed by atoms with Crippen LogP contribution in [-0.4, -0.2) is 5.91 Å². The van der Waals surface area contributed by atoms with Crippen molar-refractivity contribution in [3.63, 3.8) is 0 Å². The molecule has 0 heterocycles.